The molecule has 0 N–H and O–H groups in total. The molecule has 2 aliphatic heterocycles. The molecular weight excluding hydrogens is 397 g/mol. The Morgan fingerprint density at radius 3 is 2.60 bits per heavy atom. The Kier molecular flexibility index (Phi) is 4.30. The van der Waals surface area contributed by atoms with Gasteiger partial charge in [0.25, 0.3) is 0 Å². The number of rotatable bonds is 3. The molecule has 3 aliphatic rings. The van der Waals surface area contributed by atoms with Crippen LogP contribution in [0.25, 0.3) is 0 Å². The van der Waals surface area contributed by atoms with Crippen molar-refractivity contribution in [2.24, 2.45) is 16.8 Å². The van der Waals surface area contributed by atoms with E-state index in [4.69, 9.17) is 0 Å². The maximum atomic E-state index is 12.9. The van der Waals surface area contributed by atoms with Crippen LogP contribution in [0.15, 0.2) is 41.7 Å². The fourth-order valence-electron chi connectivity index (χ4n) is 4.91. The molecule has 3 atom stereocenters. The van der Waals surface area contributed by atoms with Gasteiger partial charge in [0, 0.05) is 18.7 Å². The summed E-state index contributed by atoms with van der Waals surface area (Å²) >= 11 is 0. The summed E-state index contributed by atoms with van der Waals surface area (Å²) in [5, 5.41) is 0. The highest BCUT2D eigenvalue weighted by Gasteiger charge is 2.46. The number of halogens is 3. The highest BCUT2D eigenvalue weighted by atomic mass is 19.4. The lowest BCUT2D eigenvalue weighted by molar-refractivity contribution is -0.559. The molecule has 156 valence electrons. The number of aryl methyl sites for hydroxylation is 1. The molecular formula is C21H20F3N4O2+. The third kappa shape index (κ3) is 3.32. The van der Waals surface area contributed by atoms with Crippen molar-refractivity contribution >= 4 is 17.7 Å². The number of alkyl halides is 3. The van der Waals surface area contributed by atoms with Gasteiger partial charge in [0.05, 0.1) is 12.4 Å². The number of carbonyl (C=O) groups excluding carboxylic acids is 1. The number of ether oxygens (including phenoxy) is 1. The van der Waals surface area contributed by atoms with Gasteiger partial charge >= 0.3 is 24.1 Å². The van der Waals surface area contributed by atoms with E-state index in [9.17, 15) is 18.0 Å². The zero-order valence-electron chi connectivity index (χ0n) is 16.3. The molecule has 0 bridgehead atoms. The molecule has 0 radical (unpaired) electrons. The van der Waals surface area contributed by atoms with Gasteiger partial charge in [-0.15, -0.1) is 18.2 Å². The molecule has 1 aromatic heterocycles. The van der Waals surface area contributed by atoms with Crippen LogP contribution in [0.2, 0.25) is 0 Å². The number of benzene rings is 1. The molecule has 3 heterocycles. The van der Waals surface area contributed by atoms with Gasteiger partial charge in [0.1, 0.15) is 5.75 Å². The first-order valence-corrected chi connectivity index (χ1v) is 9.90. The molecule has 9 heteroatoms. The molecule has 0 spiro atoms. The quantitative estimate of drug-likeness (QED) is 0.721. The van der Waals surface area contributed by atoms with Crippen LogP contribution in [0.4, 0.5) is 19.1 Å². The first kappa shape index (κ1) is 19.0. The van der Waals surface area contributed by atoms with E-state index in [-0.39, 0.29) is 29.4 Å². The van der Waals surface area contributed by atoms with Crippen molar-refractivity contribution in [2.45, 2.75) is 32.0 Å². The average Bonchev–Trinajstić information content (AvgIpc) is 3.22. The van der Waals surface area contributed by atoms with E-state index in [0.29, 0.717) is 30.4 Å². The number of amides is 1. The molecule has 1 unspecified atom stereocenters. The van der Waals surface area contributed by atoms with Crippen LogP contribution in [0.5, 0.6) is 5.75 Å². The van der Waals surface area contributed by atoms with E-state index in [2.05, 4.69) is 14.7 Å². The predicted octanol–water partition coefficient (Wildman–Crippen LogP) is 3.12. The fraction of sp³-hybridized carbons (Fsp3) is 0.429. The van der Waals surface area contributed by atoms with Crippen LogP contribution in [0.1, 0.15) is 29.9 Å². The zero-order chi connectivity index (χ0) is 21.0. The Morgan fingerprint density at radius 2 is 1.90 bits per heavy atom. The number of aliphatic imine (C=N–C) groups is 1. The molecule has 1 saturated heterocycles. The Balaban J connectivity index is 1.26. The maximum Gasteiger partial charge on any atom is 0.573 e. The second kappa shape index (κ2) is 6.78. The third-order valence-corrected chi connectivity index (χ3v) is 6.18. The van der Waals surface area contributed by atoms with Gasteiger partial charge < -0.3 is 9.64 Å². The predicted molar refractivity (Wildman–Crippen MR) is 100 cm³/mol. The summed E-state index contributed by atoms with van der Waals surface area (Å²) < 4.78 is 44.2. The average molecular weight is 417 g/mol. The van der Waals surface area contributed by atoms with Crippen LogP contribution in [-0.4, -0.2) is 41.1 Å². The number of nitrogens with zero attached hydrogens (tertiary/aromatic N) is 4. The van der Waals surface area contributed by atoms with Crippen molar-refractivity contribution in [2.75, 3.05) is 13.1 Å². The topological polar surface area (TPSA) is 58.7 Å². The smallest absolute Gasteiger partial charge is 0.405 e. The second-order valence-corrected chi connectivity index (χ2v) is 8.22. The van der Waals surface area contributed by atoms with E-state index in [0.717, 1.165) is 18.4 Å². The van der Waals surface area contributed by atoms with Crippen molar-refractivity contribution in [3.63, 3.8) is 0 Å². The fourth-order valence-corrected chi connectivity index (χ4v) is 4.91. The SMILES string of the molecule is Cc1cnc2[n+](c1)C(C(=O)N1C[C@H]3CC(c4ccccc4OC(F)(F)F)C[C@H]3C1)=N2. The van der Waals surface area contributed by atoms with Crippen LogP contribution < -0.4 is 9.30 Å². The highest BCUT2D eigenvalue weighted by molar-refractivity contribution is 6.35. The van der Waals surface area contributed by atoms with E-state index < -0.39 is 6.36 Å². The number of carbonyl (C=O) groups is 1. The summed E-state index contributed by atoms with van der Waals surface area (Å²) in [6.45, 7) is 3.09. The van der Waals surface area contributed by atoms with Crippen LogP contribution in [0.3, 0.4) is 0 Å². The molecule has 1 aliphatic carbocycles. The minimum atomic E-state index is -4.71. The van der Waals surface area contributed by atoms with Gasteiger partial charge in [-0.2, -0.15) is 4.57 Å². The van der Waals surface area contributed by atoms with Crippen LogP contribution >= 0.6 is 0 Å². The summed E-state index contributed by atoms with van der Waals surface area (Å²) in [6, 6.07) is 6.36. The summed E-state index contributed by atoms with van der Waals surface area (Å²) in [6.07, 6.45) is 0.315. The summed E-state index contributed by atoms with van der Waals surface area (Å²) in [4.78, 5) is 23.1. The summed E-state index contributed by atoms with van der Waals surface area (Å²) in [5.74, 6) is 1.18. The van der Waals surface area contributed by atoms with E-state index in [1.807, 2.05) is 13.1 Å². The van der Waals surface area contributed by atoms with Crippen molar-refractivity contribution in [1.82, 2.24) is 9.88 Å². The van der Waals surface area contributed by atoms with E-state index in [1.165, 1.54) is 6.07 Å². The van der Waals surface area contributed by atoms with Gasteiger partial charge in [0.2, 0.25) is 0 Å². The number of hydrogen-bond acceptors (Lipinski definition) is 4. The number of fused-ring (bicyclic) bond motifs is 2. The first-order valence-electron chi connectivity index (χ1n) is 9.90. The Hall–Kier alpha value is -2.97. The lowest BCUT2D eigenvalue weighted by Crippen LogP contribution is -2.58. The van der Waals surface area contributed by atoms with Gasteiger partial charge in [-0.3, -0.25) is 4.79 Å². The Labute approximate surface area is 171 Å². The van der Waals surface area contributed by atoms with Crippen molar-refractivity contribution < 1.29 is 27.3 Å². The number of hydrogen-bond donors (Lipinski definition) is 0. The molecule has 2 fully saturated rings. The number of para-hydroxylation sites is 1. The van der Waals surface area contributed by atoms with Gasteiger partial charge in [-0.25, -0.2) is 0 Å². The summed E-state index contributed by atoms with van der Waals surface area (Å²) in [7, 11) is 0. The second-order valence-electron chi connectivity index (χ2n) is 8.22. The molecule has 1 amide bonds. The molecule has 30 heavy (non-hydrogen) atoms. The first-order chi connectivity index (χ1) is 14.3. The minimum Gasteiger partial charge on any atom is -0.405 e. The molecule has 2 aromatic rings. The highest BCUT2D eigenvalue weighted by Crippen LogP contribution is 2.48. The van der Waals surface area contributed by atoms with Crippen molar-refractivity contribution in [3.8, 4) is 5.75 Å². The van der Waals surface area contributed by atoms with Crippen molar-refractivity contribution in [1.29, 1.82) is 0 Å². The van der Waals surface area contributed by atoms with E-state index >= 15 is 0 Å². The van der Waals surface area contributed by atoms with E-state index in [1.54, 1.807) is 33.9 Å². The van der Waals surface area contributed by atoms with Crippen LogP contribution in [0, 0.1) is 18.8 Å². The lowest BCUT2D eigenvalue weighted by Gasteiger charge is -2.22. The van der Waals surface area contributed by atoms with Crippen molar-refractivity contribution in [3.05, 3.63) is 47.8 Å². The van der Waals surface area contributed by atoms with Gasteiger partial charge in [-0.1, -0.05) is 23.2 Å². The normalized spacial score (nSPS) is 24.7. The molecule has 1 saturated carbocycles. The standard InChI is InChI=1S/C21H20F3N4O2/c1-12-8-25-20-26-18(28(20)9-12)19(29)27-10-14-6-13(7-15(14)11-27)16-4-2-3-5-17(16)30-21(22,23)24/h2-5,8-9,13-15H,6-7,10-11H2,1H3/q+1/t13?,14-,15+. The van der Waals surface area contributed by atoms with Crippen LogP contribution in [-0.2, 0) is 4.79 Å². The molecule has 5 rings (SSSR count). The third-order valence-electron chi connectivity index (χ3n) is 6.18. The minimum absolute atomic E-state index is 0.00111. The number of aromatic nitrogens is 2. The Bertz CT molecular complexity index is 1040. The lowest BCUT2D eigenvalue weighted by atomic mass is 9.95. The number of likely N-dealkylation sites (tertiary alicyclic amines) is 1. The monoisotopic (exact) mass is 417 g/mol. The summed E-state index contributed by atoms with van der Waals surface area (Å²) in [5.41, 5.74) is 1.54. The molecule has 6 nitrogen and oxygen atoms in total. The molecule has 1 aromatic carbocycles. The zero-order valence-corrected chi connectivity index (χ0v) is 16.3. The largest absolute Gasteiger partial charge is 0.573 e. The van der Waals surface area contributed by atoms with Gasteiger partial charge in [-0.05, 0) is 49.1 Å². The maximum absolute atomic E-state index is 12.9. The Morgan fingerprint density at radius 1 is 1.20 bits per heavy atom. The van der Waals surface area contributed by atoms with Gasteiger partial charge in [0.15, 0.2) is 0 Å².